The number of nitrogens with zero attached hydrogens (tertiary/aromatic N) is 1. The third-order valence-corrected chi connectivity index (χ3v) is 3.44. The number of unbranched alkanes of at least 4 members (excludes halogenated alkanes) is 1. The third kappa shape index (κ3) is 2.58. The number of aliphatic carboxylic acids is 1. The lowest BCUT2D eigenvalue weighted by molar-refractivity contribution is -0.137. The predicted molar refractivity (Wildman–Crippen MR) is 64.8 cm³/mol. The van der Waals surface area contributed by atoms with Crippen LogP contribution in [-0.2, 0) is 11.2 Å². The maximum absolute atomic E-state index is 10.4. The fourth-order valence-corrected chi connectivity index (χ4v) is 2.57. The Morgan fingerprint density at radius 3 is 3.06 bits per heavy atom. The maximum atomic E-state index is 10.4. The molecule has 84 valence electrons. The van der Waals surface area contributed by atoms with Crippen molar-refractivity contribution >= 4 is 27.5 Å². The Bertz CT molecular complexity index is 492. The van der Waals surface area contributed by atoms with Crippen LogP contribution < -0.4 is 0 Å². The number of aromatic nitrogens is 1. The summed E-state index contributed by atoms with van der Waals surface area (Å²) in [6.07, 6.45) is 2.86. The highest BCUT2D eigenvalue weighted by molar-refractivity contribution is 7.16. The standard InChI is InChI=1S/C12H13NO2S/c14-11(15)7-2-1-4-9-5-3-6-10-12(9)16-8-13-10/h3,5-6,8H,1-2,4,7H2,(H,14,15). The molecule has 0 unspecified atom stereocenters. The highest BCUT2D eigenvalue weighted by Crippen LogP contribution is 2.23. The minimum absolute atomic E-state index is 0.263. The van der Waals surface area contributed by atoms with Crippen molar-refractivity contribution in [2.24, 2.45) is 0 Å². The lowest BCUT2D eigenvalue weighted by Gasteiger charge is -2.01. The summed E-state index contributed by atoms with van der Waals surface area (Å²) >= 11 is 1.65. The van der Waals surface area contributed by atoms with Gasteiger partial charge in [0.2, 0.25) is 0 Å². The van der Waals surface area contributed by atoms with Gasteiger partial charge in [-0.2, -0.15) is 0 Å². The van der Waals surface area contributed by atoms with E-state index in [2.05, 4.69) is 11.1 Å². The van der Waals surface area contributed by atoms with Gasteiger partial charge in [-0.1, -0.05) is 12.1 Å². The third-order valence-electron chi connectivity index (χ3n) is 2.52. The first-order chi connectivity index (χ1) is 7.77. The van der Waals surface area contributed by atoms with Crippen LogP contribution in [0.15, 0.2) is 23.7 Å². The zero-order valence-electron chi connectivity index (χ0n) is 8.85. The van der Waals surface area contributed by atoms with Crippen LogP contribution >= 0.6 is 11.3 Å². The molecule has 0 aliphatic rings. The Labute approximate surface area is 97.8 Å². The van der Waals surface area contributed by atoms with Crippen LogP contribution in [-0.4, -0.2) is 16.1 Å². The molecule has 0 amide bonds. The molecule has 0 aliphatic carbocycles. The van der Waals surface area contributed by atoms with Crippen LogP contribution in [0.5, 0.6) is 0 Å². The molecule has 1 aromatic heterocycles. The van der Waals surface area contributed by atoms with E-state index in [1.54, 1.807) is 11.3 Å². The summed E-state index contributed by atoms with van der Waals surface area (Å²) in [6, 6.07) is 6.11. The second-order valence-electron chi connectivity index (χ2n) is 3.72. The number of carbonyl (C=O) groups is 1. The summed E-state index contributed by atoms with van der Waals surface area (Å²) in [7, 11) is 0. The molecule has 0 aliphatic heterocycles. The number of thiazole rings is 1. The largest absolute Gasteiger partial charge is 0.481 e. The van der Waals surface area contributed by atoms with Crippen molar-refractivity contribution in [3.63, 3.8) is 0 Å². The number of carboxylic acid groups (broad SMARTS) is 1. The van der Waals surface area contributed by atoms with Crippen molar-refractivity contribution < 1.29 is 9.90 Å². The number of benzene rings is 1. The van der Waals surface area contributed by atoms with Gasteiger partial charge in [0.15, 0.2) is 0 Å². The van der Waals surface area contributed by atoms with Gasteiger partial charge in [-0.25, -0.2) is 4.98 Å². The molecule has 0 bridgehead atoms. The highest BCUT2D eigenvalue weighted by atomic mass is 32.1. The van der Waals surface area contributed by atoms with E-state index in [0.717, 1.165) is 24.8 Å². The fraction of sp³-hybridized carbons (Fsp3) is 0.333. The molecule has 16 heavy (non-hydrogen) atoms. The van der Waals surface area contributed by atoms with Crippen molar-refractivity contribution in [2.75, 3.05) is 0 Å². The number of hydrogen-bond acceptors (Lipinski definition) is 3. The quantitative estimate of drug-likeness (QED) is 0.810. The first-order valence-electron chi connectivity index (χ1n) is 5.30. The Morgan fingerprint density at radius 2 is 2.25 bits per heavy atom. The molecule has 4 heteroatoms. The zero-order chi connectivity index (χ0) is 11.4. The van der Waals surface area contributed by atoms with E-state index in [1.165, 1.54) is 10.3 Å². The summed E-state index contributed by atoms with van der Waals surface area (Å²) in [5.41, 5.74) is 4.18. The van der Waals surface area contributed by atoms with Crippen molar-refractivity contribution in [2.45, 2.75) is 25.7 Å². The van der Waals surface area contributed by atoms with Crippen molar-refractivity contribution in [1.29, 1.82) is 0 Å². The molecule has 3 nitrogen and oxygen atoms in total. The molecular formula is C12H13NO2S. The second kappa shape index (κ2) is 5.07. The Balaban J connectivity index is 1.98. The summed E-state index contributed by atoms with van der Waals surface area (Å²) < 4.78 is 1.23. The molecular weight excluding hydrogens is 222 g/mol. The molecule has 1 heterocycles. The summed E-state index contributed by atoms with van der Waals surface area (Å²) in [5.74, 6) is -0.712. The van der Waals surface area contributed by atoms with Crippen LogP contribution in [0.25, 0.3) is 10.2 Å². The van der Waals surface area contributed by atoms with Crippen LogP contribution in [0.4, 0.5) is 0 Å². The summed E-state index contributed by atoms with van der Waals surface area (Å²) in [5, 5.41) is 8.54. The molecule has 0 saturated heterocycles. The van der Waals surface area contributed by atoms with Gasteiger partial charge >= 0.3 is 5.97 Å². The summed E-state index contributed by atoms with van der Waals surface area (Å²) in [6.45, 7) is 0. The molecule has 2 aromatic rings. The number of aryl methyl sites for hydroxylation is 1. The topological polar surface area (TPSA) is 50.2 Å². The van der Waals surface area contributed by atoms with E-state index >= 15 is 0 Å². The molecule has 0 fully saturated rings. The smallest absolute Gasteiger partial charge is 0.303 e. The monoisotopic (exact) mass is 235 g/mol. The Kier molecular flexibility index (Phi) is 3.51. The van der Waals surface area contributed by atoms with E-state index in [9.17, 15) is 4.79 Å². The van der Waals surface area contributed by atoms with Crippen LogP contribution in [0.1, 0.15) is 24.8 Å². The van der Waals surface area contributed by atoms with E-state index in [1.807, 2.05) is 17.6 Å². The van der Waals surface area contributed by atoms with Gasteiger partial charge in [0.25, 0.3) is 0 Å². The predicted octanol–water partition coefficient (Wildman–Crippen LogP) is 3.09. The number of rotatable bonds is 5. The second-order valence-corrected chi connectivity index (χ2v) is 4.57. The van der Waals surface area contributed by atoms with Crippen molar-refractivity contribution in [1.82, 2.24) is 4.98 Å². The number of hydrogen-bond donors (Lipinski definition) is 1. The van der Waals surface area contributed by atoms with Gasteiger partial charge in [0, 0.05) is 6.42 Å². The number of carboxylic acids is 1. The van der Waals surface area contributed by atoms with Gasteiger partial charge in [0.1, 0.15) is 0 Å². The van der Waals surface area contributed by atoms with Gasteiger partial charge in [-0.3, -0.25) is 4.79 Å². The zero-order valence-corrected chi connectivity index (χ0v) is 9.67. The molecule has 0 spiro atoms. The van der Waals surface area contributed by atoms with E-state index < -0.39 is 5.97 Å². The van der Waals surface area contributed by atoms with E-state index in [-0.39, 0.29) is 6.42 Å². The minimum Gasteiger partial charge on any atom is -0.481 e. The number of fused-ring (bicyclic) bond motifs is 1. The highest BCUT2D eigenvalue weighted by Gasteiger charge is 2.03. The molecule has 0 saturated carbocycles. The van der Waals surface area contributed by atoms with Crippen LogP contribution in [0.3, 0.4) is 0 Å². The molecule has 1 aromatic carbocycles. The molecule has 0 radical (unpaired) electrons. The fourth-order valence-electron chi connectivity index (χ4n) is 1.73. The minimum atomic E-state index is -0.712. The normalized spacial score (nSPS) is 10.8. The van der Waals surface area contributed by atoms with E-state index in [0.29, 0.717) is 0 Å². The van der Waals surface area contributed by atoms with Gasteiger partial charge < -0.3 is 5.11 Å². The SMILES string of the molecule is O=C(O)CCCCc1cccc2ncsc12. The first kappa shape index (κ1) is 11.1. The molecule has 2 rings (SSSR count). The Morgan fingerprint density at radius 1 is 1.38 bits per heavy atom. The van der Waals surface area contributed by atoms with Crippen molar-refractivity contribution in [3.8, 4) is 0 Å². The van der Waals surface area contributed by atoms with Gasteiger partial charge in [-0.05, 0) is 30.9 Å². The van der Waals surface area contributed by atoms with E-state index in [4.69, 9.17) is 5.11 Å². The van der Waals surface area contributed by atoms with Crippen molar-refractivity contribution in [3.05, 3.63) is 29.3 Å². The average molecular weight is 235 g/mol. The van der Waals surface area contributed by atoms with Crippen LogP contribution in [0.2, 0.25) is 0 Å². The van der Waals surface area contributed by atoms with Gasteiger partial charge in [0.05, 0.1) is 15.7 Å². The van der Waals surface area contributed by atoms with Gasteiger partial charge in [-0.15, -0.1) is 11.3 Å². The van der Waals surface area contributed by atoms with Crippen LogP contribution in [0, 0.1) is 0 Å². The average Bonchev–Trinajstić information content (AvgIpc) is 2.72. The molecule has 1 N–H and O–H groups in total. The molecule has 0 atom stereocenters. The summed E-state index contributed by atoms with van der Waals surface area (Å²) in [4.78, 5) is 14.6. The maximum Gasteiger partial charge on any atom is 0.303 e. The lowest BCUT2D eigenvalue weighted by atomic mass is 10.1. The first-order valence-corrected chi connectivity index (χ1v) is 6.18. The lowest BCUT2D eigenvalue weighted by Crippen LogP contribution is -1.94. The Hall–Kier alpha value is -1.42.